The van der Waals surface area contributed by atoms with Gasteiger partial charge in [0.05, 0.1) is 22.4 Å². The van der Waals surface area contributed by atoms with Crippen molar-refractivity contribution >= 4 is 82.4 Å². The van der Waals surface area contributed by atoms with Crippen LogP contribution in [0.3, 0.4) is 0 Å². The third-order valence-electron chi connectivity index (χ3n) is 14.4. The average molecular weight is 905 g/mol. The van der Waals surface area contributed by atoms with Gasteiger partial charge in [-0.25, -0.2) is 0 Å². The van der Waals surface area contributed by atoms with Crippen LogP contribution >= 0.6 is 0 Å². The highest BCUT2D eigenvalue weighted by Gasteiger charge is 2.21. The first-order valence-corrected chi connectivity index (χ1v) is 24.3. The minimum atomic E-state index is 0.897. The van der Waals surface area contributed by atoms with Gasteiger partial charge in [-0.15, -0.1) is 0 Å². The van der Waals surface area contributed by atoms with Gasteiger partial charge >= 0.3 is 0 Å². The molecule has 3 heteroatoms. The summed E-state index contributed by atoms with van der Waals surface area (Å²) in [5.41, 5.74) is 17.6. The van der Waals surface area contributed by atoms with Gasteiger partial charge in [0.15, 0.2) is 0 Å². The molecule has 0 radical (unpaired) electrons. The topological polar surface area (TPSA) is 21.3 Å². The quantitative estimate of drug-likeness (QED) is 0.142. The molecule has 14 rings (SSSR count). The second-order valence-electron chi connectivity index (χ2n) is 18.4. The lowest BCUT2D eigenvalue weighted by molar-refractivity contribution is 0.670. The van der Waals surface area contributed by atoms with Gasteiger partial charge in [-0.2, -0.15) is 0 Å². The largest absolute Gasteiger partial charge is 0.455 e. The number of hydrogen-bond donors (Lipinski definition) is 0. The van der Waals surface area contributed by atoms with Gasteiger partial charge in [-0.05, 0) is 116 Å². The van der Waals surface area contributed by atoms with Crippen LogP contribution in [0, 0.1) is 0 Å². The van der Waals surface area contributed by atoms with Gasteiger partial charge in [-0.3, -0.25) is 0 Å². The fourth-order valence-corrected chi connectivity index (χ4v) is 11.1. The summed E-state index contributed by atoms with van der Waals surface area (Å²) in [4.78, 5) is 2.41. The van der Waals surface area contributed by atoms with E-state index in [1.165, 1.54) is 48.9 Å². The lowest BCUT2D eigenvalue weighted by atomic mass is 9.95. The Bertz CT molecular complexity index is 4310. The fraction of sp³-hybridized carbons (Fsp3) is 0. The molecule has 0 atom stereocenters. The monoisotopic (exact) mass is 904 g/mol. The van der Waals surface area contributed by atoms with Crippen molar-refractivity contribution in [2.75, 3.05) is 4.90 Å². The lowest BCUT2D eigenvalue weighted by Crippen LogP contribution is -2.11. The summed E-state index contributed by atoms with van der Waals surface area (Å²) in [6, 6.07) is 96.8. The maximum atomic E-state index is 6.51. The SMILES string of the molecule is c1cc(-c2cccc(N(c3ccc(-c4cccc5c4oc4ccccc45)cc3)c3ccccc3-c3ccc4c(ccc5ccccc54)c3)c2)cc(-c2ccccc2-n2c3ccccc3c3ccccc32)c1. The van der Waals surface area contributed by atoms with Crippen LogP contribution in [0.4, 0.5) is 17.1 Å². The third-order valence-corrected chi connectivity index (χ3v) is 14.4. The van der Waals surface area contributed by atoms with Crippen LogP contribution in [0.15, 0.2) is 271 Å². The van der Waals surface area contributed by atoms with E-state index in [0.29, 0.717) is 0 Å². The van der Waals surface area contributed by atoms with Crippen molar-refractivity contribution in [2.45, 2.75) is 0 Å². The number of benzene rings is 12. The average Bonchev–Trinajstić information content (AvgIpc) is 4.00. The zero-order chi connectivity index (χ0) is 46.8. The predicted octanol–water partition coefficient (Wildman–Crippen LogP) is 19.1. The van der Waals surface area contributed by atoms with Gasteiger partial charge in [0.25, 0.3) is 0 Å². The van der Waals surface area contributed by atoms with Crippen molar-refractivity contribution in [2.24, 2.45) is 0 Å². The van der Waals surface area contributed by atoms with Crippen LogP contribution in [-0.2, 0) is 0 Å². The van der Waals surface area contributed by atoms with Crippen LogP contribution in [0.5, 0.6) is 0 Å². The van der Waals surface area contributed by atoms with E-state index in [-0.39, 0.29) is 0 Å². The summed E-state index contributed by atoms with van der Waals surface area (Å²) in [5, 5.41) is 9.74. The van der Waals surface area contributed by atoms with E-state index in [9.17, 15) is 0 Å². The van der Waals surface area contributed by atoms with Crippen LogP contribution < -0.4 is 4.90 Å². The van der Waals surface area contributed by atoms with Gasteiger partial charge < -0.3 is 13.9 Å². The van der Waals surface area contributed by atoms with Crippen molar-refractivity contribution in [3.63, 3.8) is 0 Å². The minimum Gasteiger partial charge on any atom is -0.455 e. The highest BCUT2D eigenvalue weighted by molar-refractivity contribution is 6.12. The van der Waals surface area contributed by atoms with Crippen molar-refractivity contribution in [1.82, 2.24) is 4.57 Å². The molecule has 0 aliphatic carbocycles. The number of nitrogens with zero attached hydrogens (tertiary/aromatic N) is 2. The van der Waals surface area contributed by atoms with E-state index < -0.39 is 0 Å². The van der Waals surface area contributed by atoms with E-state index in [0.717, 1.165) is 83.6 Å². The first-order chi connectivity index (χ1) is 35.2. The molecule has 0 spiro atoms. The van der Waals surface area contributed by atoms with Crippen molar-refractivity contribution < 1.29 is 4.42 Å². The lowest BCUT2D eigenvalue weighted by Gasteiger charge is -2.28. The molecule has 12 aromatic carbocycles. The van der Waals surface area contributed by atoms with Gasteiger partial charge in [0.1, 0.15) is 11.2 Å². The second-order valence-corrected chi connectivity index (χ2v) is 18.4. The number of anilines is 3. The van der Waals surface area contributed by atoms with Crippen LogP contribution in [-0.4, -0.2) is 4.57 Å². The Kier molecular flexibility index (Phi) is 9.53. The molecule has 0 aliphatic rings. The molecule has 0 saturated carbocycles. The number of hydrogen-bond acceptors (Lipinski definition) is 2. The molecule has 3 nitrogen and oxygen atoms in total. The van der Waals surface area contributed by atoms with Crippen molar-refractivity contribution in [3.05, 3.63) is 267 Å². The summed E-state index contributed by atoms with van der Waals surface area (Å²) >= 11 is 0. The first-order valence-electron chi connectivity index (χ1n) is 24.3. The van der Waals surface area contributed by atoms with Gasteiger partial charge in [-0.1, -0.05) is 200 Å². The molecule has 0 fully saturated rings. The summed E-state index contributed by atoms with van der Waals surface area (Å²) in [6.45, 7) is 0. The zero-order valence-electron chi connectivity index (χ0n) is 38.7. The molecule has 71 heavy (non-hydrogen) atoms. The summed E-state index contributed by atoms with van der Waals surface area (Å²) < 4.78 is 8.93. The molecule has 0 bridgehead atoms. The van der Waals surface area contributed by atoms with E-state index in [1.54, 1.807) is 0 Å². The molecule has 2 aromatic heterocycles. The van der Waals surface area contributed by atoms with E-state index in [4.69, 9.17) is 4.42 Å². The molecular weight excluding hydrogens is 861 g/mol. The van der Waals surface area contributed by atoms with E-state index in [2.05, 4.69) is 264 Å². The molecule has 0 aliphatic heterocycles. The summed E-state index contributed by atoms with van der Waals surface area (Å²) in [6.07, 6.45) is 0. The Hall–Kier alpha value is -9.44. The molecule has 2 heterocycles. The maximum absolute atomic E-state index is 6.51. The Balaban J connectivity index is 0.903. The summed E-state index contributed by atoms with van der Waals surface area (Å²) in [7, 11) is 0. The highest BCUT2D eigenvalue weighted by atomic mass is 16.3. The molecule has 0 saturated heterocycles. The van der Waals surface area contributed by atoms with E-state index >= 15 is 0 Å². The Morgan fingerprint density at radius 3 is 1.69 bits per heavy atom. The molecule has 14 aromatic rings. The van der Waals surface area contributed by atoms with Crippen molar-refractivity contribution in [3.8, 4) is 50.2 Å². The number of fused-ring (bicyclic) bond motifs is 9. The standard InChI is InChI=1S/C68H44N2O/c1-2-21-54-45(16-1)34-35-50-43-51(38-41-55(50)54)57-23-3-8-29-63(57)69(52-39-36-46(37-40-52)58-27-15-28-62-61-26-7-12-33-67(61)71-68(58)62)53-20-14-18-48(44-53)47-17-13-19-49(42-47)56-22-4-9-30-64(56)70-65-31-10-5-24-59(65)60-25-6-11-32-66(60)70/h1-44H. The highest BCUT2D eigenvalue weighted by Crippen LogP contribution is 2.45. The second kappa shape index (κ2) is 16.7. The first kappa shape index (κ1) is 40.6. The Labute approximate surface area is 411 Å². The van der Waals surface area contributed by atoms with Crippen LogP contribution in [0.1, 0.15) is 0 Å². The predicted molar refractivity (Wildman–Crippen MR) is 299 cm³/mol. The number of rotatable bonds is 8. The Morgan fingerprint density at radius 2 is 0.859 bits per heavy atom. The molecular formula is C68H44N2O. The zero-order valence-corrected chi connectivity index (χ0v) is 38.7. The van der Waals surface area contributed by atoms with Crippen LogP contribution in [0.25, 0.3) is 115 Å². The Morgan fingerprint density at radius 1 is 0.296 bits per heavy atom. The van der Waals surface area contributed by atoms with Crippen molar-refractivity contribution in [1.29, 1.82) is 0 Å². The summed E-state index contributed by atoms with van der Waals surface area (Å²) in [5.74, 6) is 0. The molecule has 0 amide bonds. The third kappa shape index (κ3) is 6.82. The minimum absolute atomic E-state index is 0.897. The number of aromatic nitrogens is 1. The molecule has 0 unspecified atom stereocenters. The molecule has 332 valence electrons. The number of para-hydroxylation sites is 6. The van der Waals surface area contributed by atoms with Gasteiger partial charge in [0.2, 0.25) is 0 Å². The van der Waals surface area contributed by atoms with Gasteiger partial charge in [0, 0.05) is 49.6 Å². The maximum Gasteiger partial charge on any atom is 0.143 e. The molecule has 0 N–H and O–H groups in total. The normalized spacial score (nSPS) is 11.7. The smallest absolute Gasteiger partial charge is 0.143 e. The fourth-order valence-electron chi connectivity index (χ4n) is 11.1. The number of furan rings is 1. The van der Waals surface area contributed by atoms with Crippen LogP contribution in [0.2, 0.25) is 0 Å². The van der Waals surface area contributed by atoms with E-state index in [1.807, 2.05) is 12.1 Å².